The van der Waals surface area contributed by atoms with Crippen LogP contribution in [0.15, 0.2) is 40.9 Å². The van der Waals surface area contributed by atoms with Crippen LogP contribution in [0.25, 0.3) is 0 Å². The maximum Gasteiger partial charge on any atom is 0.162 e. The zero-order chi connectivity index (χ0) is 14.1. The summed E-state index contributed by atoms with van der Waals surface area (Å²) in [5.74, 6) is 1.06. The predicted molar refractivity (Wildman–Crippen MR) is 77.6 cm³/mol. The Morgan fingerprint density at radius 3 is 2.50 bits per heavy atom. The van der Waals surface area contributed by atoms with Crippen molar-refractivity contribution in [2.24, 2.45) is 5.73 Å². The van der Waals surface area contributed by atoms with Crippen molar-refractivity contribution in [3.05, 3.63) is 57.8 Å². The third kappa shape index (κ3) is 2.51. The van der Waals surface area contributed by atoms with Crippen LogP contribution >= 0.6 is 15.9 Å². The van der Waals surface area contributed by atoms with Gasteiger partial charge in [-0.3, -0.25) is 0 Å². The first-order chi connectivity index (χ1) is 9.65. The molecular formula is C15H13BrFNO2. The summed E-state index contributed by atoms with van der Waals surface area (Å²) >= 11 is 3.48. The van der Waals surface area contributed by atoms with Crippen LogP contribution in [0.4, 0.5) is 4.39 Å². The van der Waals surface area contributed by atoms with E-state index in [0.29, 0.717) is 30.3 Å². The summed E-state index contributed by atoms with van der Waals surface area (Å²) in [6.07, 6.45) is 0. The smallest absolute Gasteiger partial charge is 0.162 e. The van der Waals surface area contributed by atoms with Gasteiger partial charge in [-0.2, -0.15) is 0 Å². The molecule has 5 heteroatoms. The van der Waals surface area contributed by atoms with Gasteiger partial charge in [0.25, 0.3) is 0 Å². The molecule has 0 radical (unpaired) electrons. The lowest BCUT2D eigenvalue weighted by molar-refractivity contribution is 0.171. The van der Waals surface area contributed by atoms with Crippen molar-refractivity contribution in [3.8, 4) is 11.5 Å². The van der Waals surface area contributed by atoms with Crippen molar-refractivity contribution < 1.29 is 13.9 Å². The van der Waals surface area contributed by atoms with E-state index in [2.05, 4.69) is 15.9 Å². The van der Waals surface area contributed by atoms with Crippen LogP contribution in [0, 0.1) is 5.82 Å². The van der Waals surface area contributed by atoms with Crippen LogP contribution in [0.2, 0.25) is 0 Å². The average Bonchev–Trinajstić information content (AvgIpc) is 2.46. The molecule has 0 saturated carbocycles. The maximum atomic E-state index is 13.3. The fourth-order valence-corrected chi connectivity index (χ4v) is 2.77. The van der Waals surface area contributed by atoms with Crippen molar-refractivity contribution >= 4 is 15.9 Å². The lowest BCUT2D eigenvalue weighted by Gasteiger charge is -2.22. The van der Waals surface area contributed by atoms with Gasteiger partial charge in [0.05, 0.1) is 6.04 Å². The molecule has 3 nitrogen and oxygen atoms in total. The molecule has 20 heavy (non-hydrogen) atoms. The summed E-state index contributed by atoms with van der Waals surface area (Å²) in [6, 6.07) is 9.53. The molecule has 0 fully saturated rings. The van der Waals surface area contributed by atoms with Crippen molar-refractivity contribution in [1.82, 2.24) is 0 Å². The zero-order valence-electron chi connectivity index (χ0n) is 10.6. The highest BCUT2D eigenvalue weighted by atomic mass is 79.9. The number of nitrogens with two attached hydrogens (primary N) is 1. The lowest BCUT2D eigenvalue weighted by Crippen LogP contribution is -2.17. The second kappa shape index (κ2) is 5.42. The Balaban J connectivity index is 2.01. The molecule has 3 rings (SSSR count). The summed E-state index contributed by atoms with van der Waals surface area (Å²) in [4.78, 5) is 0. The van der Waals surface area contributed by atoms with E-state index in [4.69, 9.17) is 15.2 Å². The summed E-state index contributed by atoms with van der Waals surface area (Å²) < 4.78 is 25.2. The molecular weight excluding hydrogens is 325 g/mol. The zero-order valence-corrected chi connectivity index (χ0v) is 12.2. The minimum Gasteiger partial charge on any atom is -0.486 e. The first kappa shape index (κ1) is 13.4. The highest BCUT2D eigenvalue weighted by Crippen LogP contribution is 2.38. The predicted octanol–water partition coefficient (Wildman–Crippen LogP) is 3.41. The van der Waals surface area contributed by atoms with E-state index in [1.165, 1.54) is 12.1 Å². The van der Waals surface area contributed by atoms with Gasteiger partial charge in [-0.15, -0.1) is 0 Å². The molecule has 2 N–H and O–H groups in total. The number of rotatable bonds is 2. The largest absolute Gasteiger partial charge is 0.486 e. The van der Waals surface area contributed by atoms with Gasteiger partial charge in [-0.25, -0.2) is 4.39 Å². The third-order valence-electron chi connectivity index (χ3n) is 3.20. The van der Waals surface area contributed by atoms with Gasteiger partial charge >= 0.3 is 0 Å². The Bertz CT molecular complexity index is 648. The lowest BCUT2D eigenvalue weighted by atomic mass is 9.99. The van der Waals surface area contributed by atoms with E-state index in [9.17, 15) is 4.39 Å². The van der Waals surface area contributed by atoms with Crippen LogP contribution in [0.3, 0.4) is 0 Å². The van der Waals surface area contributed by atoms with E-state index in [1.54, 1.807) is 12.1 Å². The molecule has 0 bridgehead atoms. The second-order valence-electron chi connectivity index (χ2n) is 4.55. The molecule has 1 aliphatic rings. The molecule has 1 aliphatic heterocycles. The second-order valence-corrected chi connectivity index (χ2v) is 5.40. The Labute approximate surface area is 124 Å². The van der Waals surface area contributed by atoms with Crippen LogP contribution < -0.4 is 15.2 Å². The minimum atomic E-state index is -0.434. The van der Waals surface area contributed by atoms with Gasteiger partial charge < -0.3 is 15.2 Å². The quantitative estimate of drug-likeness (QED) is 0.913. The van der Waals surface area contributed by atoms with Gasteiger partial charge in [0, 0.05) is 4.47 Å². The summed E-state index contributed by atoms with van der Waals surface area (Å²) in [7, 11) is 0. The number of fused-ring (bicyclic) bond motifs is 1. The third-order valence-corrected chi connectivity index (χ3v) is 3.89. The van der Waals surface area contributed by atoms with Gasteiger partial charge in [-0.1, -0.05) is 28.1 Å². The van der Waals surface area contributed by atoms with E-state index in [0.717, 1.165) is 10.0 Å². The number of ether oxygens (including phenoxy) is 2. The highest BCUT2D eigenvalue weighted by Gasteiger charge is 2.19. The molecule has 1 heterocycles. The van der Waals surface area contributed by atoms with Crippen LogP contribution in [0.1, 0.15) is 17.2 Å². The number of hydrogen-bond acceptors (Lipinski definition) is 3. The molecule has 0 aromatic heterocycles. The molecule has 104 valence electrons. The van der Waals surface area contributed by atoms with Crippen molar-refractivity contribution in [3.63, 3.8) is 0 Å². The molecule has 0 saturated heterocycles. The summed E-state index contributed by atoms with van der Waals surface area (Å²) in [6.45, 7) is 1.05. The van der Waals surface area contributed by atoms with E-state index in [-0.39, 0.29) is 5.82 Å². The molecule has 1 atom stereocenters. The summed E-state index contributed by atoms with van der Waals surface area (Å²) in [5, 5.41) is 0. The molecule has 0 spiro atoms. The first-order valence-corrected chi connectivity index (χ1v) is 7.04. The van der Waals surface area contributed by atoms with Gasteiger partial charge in [-0.05, 0) is 35.4 Å². The molecule has 0 amide bonds. The van der Waals surface area contributed by atoms with Crippen molar-refractivity contribution in [1.29, 1.82) is 0 Å². The van der Waals surface area contributed by atoms with Gasteiger partial charge in [0.2, 0.25) is 0 Å². The molecule has 2 aromatic carbocycles. The van der Waals surface area contributed by atoms with E-state index < -0.39 is 6.04 Å². The molecule has 2 aromatic rings. The Hall–Kier alpha value is -1.59. The molecule has 0 aliphatic carbocycles. The minimum absolute atomic E-state index is 0.299. The normalized spacial score (nSPS) is 14.9. The fraction of sp³-hybridized carbons (Fsp3) is 0.200. The highest BCUT2D eigenvalue weighted by molar-refractivity contribution is 9.10. The van der Waals surface area contributed by atoms with Crippen LogP contribution in [0.5, 0.6) is 11.5 Å². The Kier molecular flexibility index (Phi) is 3.63. The topological polar surface area (TPSA) is 44.5 Å². The number of halogens is 2. The first-order valence-electron chi connectivity index (χ1n) is 6.25. The molecule has 1 unspecified atom stereocenters. The summed E-state index contributed by atoms with van der Waals surface area (Å²) in [5.41, 5.74) is 7.77. The monoisotopic (exact) mass is 337 g/mol. The van der Waals surface area contributed by atoms with Crippen LogP contribution in [-0.2, 0) is 0 Å². The average molecular weight is 338 g/mol. The van der Waals surface area contributed by atoms with Crippen molar-refractivity contribution in [2.75, 3.05) is 13.2 Å². The van der Waals surface area contributed by atoms with Crippen molar-refractivity contribution in [2.45, 2.75) is 6.04 Å². The standard InChI is InChI=1S/C15H13BrFNO2/c16-12-8-14-13(19-4-5-20-14)7-11(12)15(18)9-2-1-3-10(17)6-9/h1-3,6-8,15H,4-5,18H2. The van der Waals surface area contributed by atoms with E-state index >= 15 is 0 Å². The van der Waals surface area contributed by atoms with Crippen LogP contribution in [-0.4, -0.2) is 13.2 Å². The fourth-order valence-electron chi connectivity index (χ4n) is 2.20. The Morgan fingerprint density at radius 2 is 1.80 bits per heavy atom. The number of hydrogen-bond donors (Lipinski definition) is 1. The SMILES string of the molecule is NC(c1cccc(F)c1)c1cc2c(cc1Br)OCCO2. The van der Waals surface area contributed by atoms with E-state index in [1.807, 2.05) is 12.1 Å². The maximum absolute atomic E-state index is 13.3. The Morgan fingerprint density at radius 1 is 1.10 bits per heavy atom. The number of benzene rings is 2. The van der Waals surface area contributed by atoms with Gasteiger partial charge in [0.15, 0.2) is 11.5 Å². The van der Waals surface area contributed by atoms with Gasteiger partial charge in [0.1, 0.15) is 19.0 Å².